The van der Waals surface area contributed by atoms with Crippen molar-refractivity contribution >= 4 is 17.3 Å². The van der Waals surface area contributed by atoms with Crippen molar-refractivity contribution in [3.05, 3.63) is 35.7 Å². The zero-order chi connectivity index (χ0) is 18.8. The molecule has 7 heteroatoms. The van der Waals surface area contributed by atoms with Crippen LogP contribution in [0.25, 0.3) is 5.52 Å². The van der Waals surface area contributed by atoms with E-state index in [1.54, 1.807) is 10.7 Å². The molecule has 0 bridgehead atoms. The number of amides is 2. The number of fused-ring (bicyclic) bond motifs is 1. The van der Waals surface area contributed by atoms with Gasteiger partial charge >= 0.3 is 0 Å². The van der Waals surface area contributed by atoms with Crippen molar-refractivity contribution in [3.8, 4) is 0 Å². The van der Waals surface area contributed by atoms with E-state index >= 15 is 0 Å². The molecule has 2 amide bonds. The minimum absolute atomic E-state index is 0.0326. The Balaban J connectivity index is 1.60. The van der Waals surface area contributed by atoms with Crippen LogP contribution in [0.1, 0.15) is 42.1 Å². The zero-order valence-electron chi connectivity index (χ0n) is 15.8. The maximum Gasteiger partial charge on any atom is 0.255 e. The molecule has 1 fully saturated rings. The van der Waals surface area contributed by atoms with Crippen molar-refractivity contribution < 1.29 is 9.59 Å². The highest BCUT2D eigenvalue weighted by Crippen LogP contribution is 2.21. The first-order chi connectivity index (χ1) is 12.4. The highest BCUT2D eigenvalue weighted by molar-refractivity contribution is 6.01. The van der Waals surface area contributed by atoms with Gasteiger partial charge in [0.05, 0.1) is 23.3 Å². The van der Waals surface area contributed by atoms with Gasteiger partial charge in [0.15, 0.2) is 0 Å². The highest BCUT2D eigenvalue weighted by atomic mass is 16.2. The van der Waals surface area contributed by atoms with E-state index in [-0.39, 0.29) is 29.9 Å². The van der Waals surface area contributed by atoms with Crippen LogP contribution in [-0.4, -0.2) is 58.5 Å². The standard InChI is InChI=1S/C19H27N5O2/c1-12-6-5-9-24-17(12)16(11-20-24)19(26)22-15-8-7-14(10-15)21-18(25)13(2)23(3)4/h5-6,9,11,13-15H,7-8,10H2,1-4H3,(H,21,25)(H,22,26)/t13-,14-,15+/m1/s1. The second-order valence-corrected chi connectivity index (χ2v) is 7.37. The van der Waals surface area contributed by atoms with Crippen LogP contribution in [0.4, 0.5) is 0 Å². The Hall–Kier alpha value is -2.41. The normalized spacial score (nSPS) is 21.1. The van der Waals surface area contributed by atoms with E-state index in [0.29, 0.717) is 5.56 Å². The summed E-state index contributed by atoms with van der Waals surface area (Å²) in [6.07, 6.45) is 5.96. The van der Waals surface area contributed by atoms with Crippen molar-refractivity contribution in [2.45, 2.75) is 51.2 Å². The highest BCUT2D eigenvalue weighted by Gasteiger charge is 2.29. The van der Waals surface area contributed by atoms with Crippen LogP contribution >= 0.6 is 0 Å². The van der Waals surface area contributed by atoms with Crippen LogP contribution in [0, 0.1) is 6.92 Å². The lowest BCUT2D eigenvalue weighted by molar-refractivity contribution is -0.125. The lowest BCUT2D eigenvalue weighted by Gasteiger charge is -2.22. The van der Waals surface area contributed by atoms with Gasteiger partial charge in [-0.2, -0.15) is 5.10 Å². The lowest BCUT2D eigenvalue weighted by atomic mass is 10.1. The number of carbonyl (C=O) groups is 2. The Morgan fingerprint density at radius 2 is 1.96 bits per heavy atom. The van der Waals surface area contributed by atoms with E-state index in [1.807, 2.05) is 51.2 Å². The Kier molecular flexibility index (Phi) is 5.27. The SMILES string of the molecule is Cc1cccn2ncc(C(=O)N[C@H]3CC[C@@H](NC(=O)[C@@H](C)N(C)C)C3)c12. The van der Waals surface area contributed by atoms with Gasteiger partial charge in [0, 0.05) is 18.3 Å². The van der Waals surface area contributed by atoms with Gasteiger partial charge in [0.1, 0.15) is 0 Å². The molecule has 1 aliphatic rings. The number of nitrogens with zero attached hydrogens (tertiary/aromatic N) is 3. The number of hydrogen-bond donors (Lipinski definition) is 2. The molecule has 140 valence electrons. The van der Waals surface area contributed by atoms with Crippen molar-refractivity contribution in [3.63, 3.8) is 0 Å². The molecule has 2 N–H and O–H groups in total. The summed E-state index contributed by atoms with van der Waals surface area (Å²) >= 11 is 0. The summed E-state index contributed by atoms with van der Waals surface area (Å²) < 4.78 is 1.73. The monoisotopic (exact) mass is 357 g/mol. The molecule has 0 saturated heterocycles. The molecule has 3 rings (SSSR count). The smallest absolute Gasteiger partial charge is 0.255 e. The fourth-order valence-corrected chi connectivity index (χ4v) is 3.45. The van der Waals surface area contributed by atoms with Gasteiger partial charge in [-0.3, -0.25) is 14.5 Å². The summed E-state index contributed by atoms with van der Waals surface area (Å²) in [6, 6.07) is 3.91. The Labute approximate surface area is 153 Å². The lowest BCUT2D eigenvalue weighted by Crippen LogP contribution is -2.45. The molecule has 0 unspecified atom stereocenters. The summed E-state index contributed by atoms with van der Waals surface area (Å²) in [7, 11) is 3.78. The third-order valence-corrected chi connectivity index (χ3v) is 5.26. The predicted molar refractivity (Wildman–Crippen MR) is 100 cm³/mol. The number of aryl methyl sites for hydroxylation is 1. The van der Waals surface area contributed by atoms with Crippen molar-refractivity contribution in [2.75, 3.05) is 14.1 Å². The third kappa shape index (κ3) is 3.72. The maximum atomic E-state index is 12.7. The molecular weight excluding hydrogens is 330 g/mol. The summed E-state index contributed by atoms with van der Waals surface area (Å²) in [5.74, 6) is -0.0711. The third-order valence-electron chi connectivity index (χ3n) is 5.26. The molecular formula is C19H27N5O2. The molecule has 0 spiro atoms. The van der Waals surface area contributed by atoms with E-state index in [0.717, 1.165) is 30.3 Å². The van der Waals surface area contributed by atoms with Crippen LogP contribution in [-0.2, 0) is 4.79 Å². The molecule has 2 heterocycles. The second-order valence-electron chi connectivity index (χ2n) is 7.37. The van der Waals surface area contributed by atoms with E-state index in [2.05, 4.69) is 15.7 Å². The van der Waals surface area contributed by atoms with E-state index < -0.39 is 0 Å². The average Bonchev–Trinajstić information content (AvgIpc) is 3.21. The number of rotatable bonds is 5. The van der Waals surface area contributed by atoms with Gasteiger partial charge in [0.2, 0.25) is 5.91 Å². The number of carbonyl (C=O) groups excluding carboxylic acids is 2. The van der Waals surface area contributed by atoms with Crippen LogP contribution in [0.15, 0.2) is 24.5 Å². The van der Waals surface area contributed by atoms with Crippen LogP contribution < -0.4 is 10.6 Å². The Bertz CT molecular complexity index is 813. The van der Waals surface area contributed by atoms with Crippen molar-refractivity contribution in [1.82, 2.24) is 25.1 Å². The van der Waals surface area contributed by atoms with Gasteiger partial charge in [-0.15, -0.1) is 0 Å². The number of nitrogens with one attached hydrogen (secondary N) is 2. The van der Waals surface area contributed by atoms with Crippen molar-refractivity contribution in [1.29, 1.82) is 0 Å². The molecule has 7 nitrogen and oxygen atoms in total. The molecule has 3 atom stereocenters. The van der Waals surface area contributed by atoms with Gasteiger partial charge < -0.3 is 10.6 Å². The fourth-order valence-electron chi connectivity index (χ4n) is 3.45. The number of pyridine rings is 1. The largest absolute Gasteiger partial charge is 0.352 e. The Morgan fingerprint density at radius 1 is 1.27 bits per heavy atom. The predicted octanol–water partition coefficient (Wildman–Crippen LogP) is 1.36. The second kappa shape index (κ2) is 7.45. The Morgan fingerprint density at radius 3 is 2.65 bits per heavy atom. The number of likely N-dealkylation sites (N-methyl/N-ethyl adjacent to an activating group) is 1. The molecule has 2 aromatic heterocycles. The molecule has 1 aliphatic carbocycles. The van der Waals surface area contributed by atoms with Crippen LogP contribution in [0.3, 0.4) is 0 Å². The molecule has 1 saturated carbocycles. The van der Waals surface area contributed by atoms with E-state index in [9.17, 15) is 9.59 Å². The molecule has 0 aromatic carbocycles. The summed E-state index contributed by atoms with van der Waals surface area (Å²) in [5, 5.41) is 10.4. The van der Waals surface area contributed by atoms with Crippen molar-refractivity contribution in [2.24, 2.45) is 0 Å². The zero-order valence-corrected chi connectivity index (χ0v) is 15.8. The van der Waals surface area contributed by atoms with E-state index in [4.69, 9.17) is 0 Å². The average molecular weight is 357 g/mol. The number of aromatic nitrogens is 2. The first-order valence-corrected chi connectivity index (χ1v) is 9.07. The molecule has 0 radical (unpaired) electrons. The van der Waals surface area contributed by atoms with E-state index in [1.165, 1.54) is 0 Å². The molecule has 26 heavy (non-hydrogen) atoms. The first kappa shape index (κ1) is 18.4. The van der Waals surface area contributed by atoms with Crippen LogP contribution in [0.5, 0.6) is 0 Å². The van der Waals surface area contributed by atoms with Gasteiger partial charge in [-0.05, 0) is 58.8 Å². The minimum Gasteiger partial charge on any atom is -0.352 e. The molecule has 2 aromatic rings. The van der Waals surface area contributed by atoms with Gasteiger partial charge in [-0.25, -0.2) is 4.52 Å². The summed E-state index contributed by atoms with van der Waals surface area (Å²) in [6.45, 7) is 3.86. The summed E-state index contributed by atoms with van der Waals surface area (Å²) in [4.78, 5) is 26.8. The van der Waals surface area contributed by atoms with Gasteiger partial charge in [-0.1, -0.05) is 6.07 Å². The van der Waals surface area contributed by atoms with Crippen LogP contribution in [0.2, 0.25) is 0 Å². The topological polar surface area (TPSA) is 78.7 Å². The molecule has 0 aliphatic heterocycles. The summed E-state index contributed by atoms with van der Waals surface area (Å²) in [5.41, 5.74) is 2.45. The quantitative estimate of drug-likeness (QED) is 0.847. The fraction of sp³-hybridized carbons (Fsp3) is 0.526. The van der Waals surface area contributed by atoms with Gasteiger partial charge in [0.25, 0.3) is 5.91 Å². The number of hydrogen-bond acceptors (Lipinski definition) is 4. The maximum absolute atomic E-state index is 12.7. The first-order valence-electron chi connectivity index (χ1n) is 9.07. The minimum atomic E-state index is -0.162.